The van der Waals surface area contributed by atoms with Gasteiger partial charge in [-0.25, -0.2) is 68.1 Å². The van der Waals surface area contributed by atoms with Crippen LogP contribution in [0.3, 0.4) is 0 Å². The molecular weight excluding hydrogens is 1590 g/mol. The van der Waals surface area contributed by atoms with Crippen molar-refractivity contribution in [2.45, 2.75) is 26.5 Å². The molecule has 0 aliphatic heterocycles. The minimum atomic E-state index is -3.80. The Hall–Kier alpha value is -12.2. The van der Waals surface area contributed by atoms with Gasteiger partial charge in [0.15, 0.2) is 5.13 Å². The number of amides is 4. The van der Waals surface area contributed by atoms with Crippen LogP contribution in [0.4, 0.5) is 45.7 Å². The highest BCUT2D eigenvalue weighted by Gasteiger charge is 2.20. The van der Waals surface area contributed by atoms with Gasteiger partial charge in [0, 0.05) is 84.3 Å². The lowest BCUT2D eigenvalue weighted by molar-refractivity contribution is -0.112. The first-order valence-electron chi connectivity index (χ1n) is 31.1. The van der Waals surface area contributed by atoms with Crippen LogP contribution in [0, 0.1) is 6.92 Å². The first kappa shape index (κ1) is 80.9. The Morgan fingerprint density at radius 3 is 1.12 bits per heavy atom. The van der Waals surface area contributed by atoms with E-state index >= 15 is 0 Å². The van der Waals surface area contributed by atoms with Crippen LogP contribution < -0.4 is 40.2 Å². The molecule has 0 aliphatic carbocycles. The van der Waals surface area contributed by atoms with Gasteiger partial charge in [-0.1, -0.05) is 107 Å². The Balaban J connectivity index is 0.000000167. The van der Waals surface area contributed by atoms with Crippen molar-refractivity contribution in [3.05, 3.63) is 291 Å². The van der Waals surface area contributed by atoms with Gasteiger partial charge in [0.05, 0.1) is 19.6 Å². The molecule has 0 radical (unpaired) electrons. The van der Waals surface area contributed by atoms with Gasteiger partial charge in [-0.05, 0) is 181 Å². The number of sulfonamides is 4. The zero-order valence-corrected chi connectivity index (χ0v) is 63.1. The van der Waals surface area contributed by atoms with Crippen molar-refractivity contribution in [2.75, 3.05) is 40.2 Å². The van der Waals surface area contributed by atoms with E-state index in [1.54, 1.807) is 78.2 Å². The summed E-state index contributed by atoms with van der Waals surface area (Å²) in [4.78, 5) is 63.2. The van der Waals surface area contributed by atoms with Crippen LogP contribution in [0.1, 0.15) is 27.8 Å². The van der Waals surface area contributed by atoms with Crippen LogP contribution in [0.15, 0.2) is 263 Å². The predicted octanol–water partition coefficient (Wildman–Crippen LogP) is 13.3. The summed E-state index contributed by atoms with van der Waals surface area (Å²) in [5.74, 6) is -1.40. The molecule has 558 valence electrons. The molecule has 39 heteroatoms. The second-order valence-electron chi connectivity index (χ2n) is 21.7. The molecule has 12 aromatic rings. The third kappa shape index (κ3) is 25.5. The molecule has 0 fully saturated rings. The quantitative estimate of drug-likeness (QED) is 0.0250. The van der Waals surface area contributed by atoms with Gasteiger partial charge in [0.25, 0.3) is 40.1 Å². The van der Waals surface area contributed by atoms with Crippen LogP contribution >= 0.6 is 57.7 Å². The summed E-state index contributed by atoms with van der Waals surface area (Å²) in [6, 6.07) is 49.9. The summed E-state index contributed by atoms with van der Waals surface area (Å²) in [7, 11) is -15.1. The first-order chi connectivity index (χ1) is 52.1. The molecule has 0 unspecified atom stereocenters. The number of halogens is 4. The van der Waals surface area contributed by atoms with Gasteiger partial charge in [-0.3, -0.25) is 23.9 Å². The van der Waals surface area contributed by atoms with Gasteiger partial charge in [0.2, 0.25) is 41.5 Å². The second-order valence-corrected chi connectivity index (χ2v) is 31.0. The Morgan fingerprint density at radius 1 is 0.385 bits per heavy atom. The molecule has 0 aliphatic rings. The van der Waals surface area contributed by atoms with Crippen molar-refractivity contribution in [2.24, 2.45) is 0 Å². The van der Waals surface area contributed by atoms with Crippen LogP contribution in [0.2, 0.25) is 20.1 Å². The number of carbonyl (C=O) groups excluding carboxylic acids is 4. The number of carbonyl (C=O) groups is 4. The number of aromatic amines is 3. The van der Waals surface area contributed by atoms with Crippen molar-refractivity contribution in [1.29, 1.82) is 0 Å². The molecular formula is C70H58Cl4N18O12S5. The van der Waals surface area contributed by atoms with E-state index in [4.69, 9.17) is 46.4 Å². The number of rotatable bonds is 24. The maximum atomic E-state index is 12.3. The fraction of sp³-hybridized carbons (Fsp3) is 0.0143. The van der Waals surface area contributed by atoms with E-state index in [1.807, 2.05) is 43.3 Å². The smallest absolute Gasteiger partial charge is 0.264 e. The molecule has 4 aromatic heterocycles. The van der Waals surface area contributed by atoms with E-state index in [1.165, 1.54) is 164 Å². The summed E-state index contributed by atoms with van der Waals surface area (Å²) < 4.78 is 107. The molecule has 8 aromatic carbocycles. The zero-order valence-electron chi connectivity index (χ0n) is 56.0. The van der Waals surface area contributed by atoms with E-state index in [0.29, 0.717) is 54.0 Å². The van der Waals surface area contributed by atoms with Gasteiger partial charge < -0.3 is 21.3 Å². The fourth-order valence-corrected chi connectivity index (χ4v) is 14.3. The highest BCUT2D eigenvalue weighted by Crippen LogP contribution is 2.27. The van der Waals surface area contributed by atoms with Crippen molar-refractivity contribution in [1.82, 2.24) is 50.5 Å². The third-order valence-electron chi connectivity index (χ3n) is 13.9. The lowest BCUT2D eigenvalue weighted by atomic mass is 10.1. The summed E-state index contributed by atoms with van der Waals surface area (Å²) in [6.45, 7) is 1.96. The normalized spacial score (nSPS) is 11.5. The van der Waals surface area contributed by atoms with E-state index in [9.17, 15) is 52.8 Å². The van der Waals surface area contributed by atoms with Crippen molar-refractivity contribution in [3.63, 3.8) is 0 Å². The molecule has 30 nitrogen and oxygen atoms in total. The van der Waals surface area contributed by atoms with Gasteiger partial charge in [-0.15, -0.1) is 11.3 Å². The van der Waals surface area contributed by atoms with Crippen LogP contribution in [0.5, 0.6) is 0 Å². The Bertz CT molecular complexity index is 5520. The summed E-state index contributed by atoms with van der Waals surface area (Å²) >= 11 is 25.2. The molecule has 0 bridgehead atoms. The summed E-state index contributed by atoms with van der Waals surface area (Å²) in [5, 5.41) is 32.5. The molecule has 4 heterocycles. The van der Waals surface area contributed by atoms with Crippen molar-refractivity contribution in [3.8, 4) is 0 Å². The Morgan fingerprint density at radius 2 is 0.743 bits per heavy atom. The maximum Gasteiger partial charge on any atom is 0.264 e. The fourth-order valence-electron chi connectivity index (χ4n) is 8.70. The van der Waals surface area contributed by atoms with E-state index in [2.05, 4.69) is 90.7 Å². The average Bonchev–Trinajstić information content (AvgIpc) is 1.78. The zero-order chi connectivity index (χ0) is 78.0. The highest BCUT2D eigenvalue weighted by molar-refractivity contribution is 7.93. The van der Waals surface area contributed by atoms with Crippen LogP contribution in [-0.2, 0) is 59.3 Å². The lowest BCUT2D eigenvalue weighted by Crippen LogP contribution is -2.14. The van der Waals surface area contributed by atoms with E-state index in [-0.39, 0.29) is 60.3 Å². The first-order valence-corrected chi connectivity index (χ1v) is 39.4. The number of hydrogen-bond acceptors (Lipinski definition) is 20. The molecule has 0 saturated heterocycles. The topological polar surface area (TPSA) is 439 Å². The number of thiazole rings is 1. The van der Waals surface area contributed by atoms with E-state index in [0.717, 1.165) is 16.7 Å². The molecule has 0 atom stereocenters. The minimum absolute atomic E-state index is 0.0112. The number of hydrogen-bond donors (Lipinski definition) is 11. The number of nitrogens with one attached hydrogen (secondary N) is 11. The second kappa shape index (κ2) is 38.4. The highest BCUT2D eigenvalue weighted by atomic mass is 35.5. The Labute approximate surface area is 647 Å². The largest absolute Gasteiger partial charge is 0.323 e. The number of benzene rings is 8. The Kier molecular flexibility index (Phi) is 28.5. The van der Waals surface area contributed by atoms with Crippen LogP contribution in [0.25, 0.3) is 24.3 Å². The number of aromatic nitrogens is 10. The standard InChI is InChI=1S/C18H13Cl2N3O3S2.C18H17N5O3S.2C17H14ClN5O3S/c19-15-2-1-3-16(20)14(15)8-9-17(24)22-12-4-6-13(7-5-12)28(25,26)23-18-21-10-11-27-18;1-13-4-2-3-5-14(13)6-11-17(24)21-15-7-9-16(10-8-15)27(25,26)23-18-19-12-20-22-18;18-13-3-1-2-12(10-13)4-9-16(24)21-14-5-7-15(8-6-14)27(25,26)23-17-19-11-20-22-17;18-15-4-2-1-3-12(15)5-10-16(24)21-13-6-8-14(9-7-13)27(25,26)23-17-19-11-20-22-17/h1-11H,(H,21,23)(H,22,24);2-12H,1H3,(H,21,24)(H2,19,20,22,23);2*1-11H,(H,21,24)(H2,19,20,22,23)/b9-8+;11-6+;9-4+;10-5+. The SMILES string of the molecule is Cc1ccccc1/C=C/C(=O)Nc1ccc(S(=O)(=O)Nc2ncn[nH]2)cc1.O=C(/C=C/c1c(Cl)cccc1Cl)Nc1ccc(S(=O)(=O)Nc2nccs2)cc1.O=C(/C=C/c1cccc(Cl)c1)Nc1ccc(S(=O)(=O)Nc2ncn[nH]2)cc1.O=C(/C=C/c1ccccc1Cl)Nc1ccc(S(=O)(=O)Nc2ncn[nH]2)cc1. The van der Waals surface area contributed by atoms with Gasteiger partial charge >= 0.3 is 0 Å². The van der Waals surface area contributed by atoms with E-state index < -0.39 is 46.0 Å². The average molecular weight is 1650 g/mol. The third-order valence-corrected chi connectivity index (χ3v) is 21.4. The minimum Gasteiger partial charge on any atom is -0.323 e. The van der Waals surface area contributed by atoms with Crippen LogP contribution in [-0.4, -0.2) is 108 Å². The molecule has 0 saturated carbocycles. The summed E-state index contributed by atoms with van der Waals surface area (Å²) in [5.41, 5.74) is 5.88. The molecule has 4 amide bonds. The molecule has 109 heavy (non-hydrogen) atoms. The number of nitrogens with zero attached hydrogens (tertiary/aromatic N) is 7. The van der Waals surface area contributed by atoms with Crippen molar-refractivity contribution < 1.29 is 52.8 Å². The predicted molar refractivity (Wildman–Crippen MR) is 421 cm³/mol. The monoisotopic (exact) mass is 1640 g/mol. The maximum absolute atomic E-state index is 12.3. The van der Waals surface area contributed by atoms with Crippen molar-refractivity contribution >= 4 is 191 Å². The van der Waals surface area contributed by atoms with Gasteiger partial charge in [-0.2, -0.15) is 30.2 Å². The summed E-state index contributed by atoms with van der Waals surface area (Å²) in [6.07, 6.45) is 17.0. The molecule has 0 spiro atoms. The number of aryl methyl sites for hydroxylation is 1. The molecule has 12 rings (SSSR count). The lowest BCUT2D eigenvalue weighted by Gasteiger charge is -2.07. The number of H-pyrrole nitrogens is 3. The number of anilines is 8. The van der Waals surface area contributed by atoms with Gasteiger partial charge in [0.1, 0.15) is 19.0 Å². The molecule has 11 N–H and O–H groups in total.